The first-order chi connectivity index (χ1) is 12.5. The number of methoxy groups -OCH3 is 2. The Kier molecular flexibility index (Phi) is 5.69. The zero-order valence-corrected chi connectivity index (χ0v) is 15.8. The van der Waals surface area contributed by atoms with E-state index in [1.54, 1.807) is 37.3 Å². The highest BCUT2D eigenvalue weighted by Crippen LogP contribution is 2.36. The van der Waals surface area contributed by atoms with Crippen molar-refractivity contribution in [2.45, 2.75) is 45.1 Å². The van der Waals surface area contributed by atoms with Crippen molar-refractivity contribution in [1.82, 2.24) is 5.32 Å². The number of amides is 2. The van der Waals surface area contributed by atoms with Crippen LogP contribution in [0.3, 0.4) is 0 Å². The number of anilines is 1. The molecule has 142 valence electrons. The molecule has 2 amide bonds. The summed E-state index contributed by atoms with van der Waals surface area (Å²) in [5, 5.41) is 3.18. The lowest BCUT2D eigenvalue weighted by molar-refractivity contribution is -0.127. The normalized spacial score (nSPS) is 25.9. The van der Waals surface area contributed by atoms with Gasteiger partial charge in [-0.1, -0.05) is 19.8 Å². The summed E-state index contributed by atoms with van der Waals surface area (Å²) in [4.78, 5) is 26.9. The van der Waals surface area contributed by atoms with Gasteiger partial charge in [0, 0.05) is 25.1 Å². The van der Waals surface area contributed by atoms with Crippen LogP contribution in [0.25, 0.3) is 0 Å². The van der Waals surface area contributed by atoms with Crippen molar-refractivity contribution in [2.24, 2.45) is 11.8 Å². The average molecular weight is 360 g/mol. The van der Waals surface area contributed by atoms with E-state index >= 15 is 0 Å². The van der Waals surface area contributed by atoms with Crippen molar-refractivity contribution in [3.63, 3.8) is 0 Å². The monoisotopic (exact) mass is 360 g/mol. The van der Waals surface area contributed by atoms with Crippen LogP contribution >= 0.6 is 0 Å². The first-order valence-corrected chi connectivity index (χ1v) is 9.36. The molecule has 3 atom stereocenters. The summed E-state index contributed by atoms with van der Waals surface area (Å²) in [6.45, 7) is 2.56. The standard InChI is InChI=1S/C20H28N2O4/c1-13-6-4-5-7-16(13)21-20(24)14-10-19(23)22(12-14)17-11-15(25-2)8-9-18(17)26-3/h8-9,11,13-14,16H,4-7,10,12H2,1-3H3,(H,21,24). The fraction of sp³-hybridized carbons (Fsp3) is 0.600. The molecule has 0 radical (unpaired) electrons. The number of carbonyl (C=O) groups is 2. The van der Waals surface area contributed by atoms with Crippen molar-refractivity contribution in [3.05, 3.63) is 18.2 Å². The van der Waals surface area contributed by atoms with Gasteiger partial charge < -0.3 is 19.7 Å². The SMILES string of the molecule is COc1ccc(OC)c(N2CC(C(=O)NC3CCCCC3C)CC2=O)c1. The Morgan fingerprint density at radius 1 is 1.19 bits per heavy atom. The summed E-state index contributed by atoms with van der Waals surface area (Å²) >= 11 is 0. The molecular formula is C20H28N2O4. The van der Waals surface area contributed by atoms with E-state index in [4.69, 9.17) is 9.47 Å². The number of hydrogen-bond donors (Lipinski definition) is 1. The molecule has 0 spiro atoms. The second-order valence-electron chi connectivity index (χ2n) is 7.32. The predicted octanol–water partition coefficient (Wildman–Crippen LogP) is 2.75. The summed E-state index contributed by atoms with van der Waals surface area (Å²) in [6, 6.07) is 5.57. The molecule has 1 saturated heterocycles. The van der Waals surface area contributed by atoms with Crippen LogP contribution in [0.4, 0.5) is 5.69 Å². The van der Waals surface area contributed by atoms with Gasteiger partial charge in [0.1, 0.15) is 11.5 Å². The Labute approximate surface area is 154 Å². The van der Waals surface area contributed by atoms with E-state index in [1.165, 1.54) is 6.42 Å². The molecule has 0 aromatic heterocycles. The summed E-state index contributed by atoms with van der Waals surface area (Å²) in [5.74, 6) is 1.35. The van der Waals surface area contributed by atoms with Crippen LogP contribution in [0, 0.1) is 11.8 Å². The van der Waals surface area contributed by atoms with E-state index < -0.39 is 0 Å². The van der Waals surface area contributed by atoms with Gasteiger partial charge in [-0.15, -0.1) is 0 Å². The van der Waals surface area contributed by atoms with Gasteiger partial charge in [-0.25, -0.2) is 0 Å². The second-order valence-corrected chi connectivity index (χ2v) is 7.32. The molecule has 3 rings (SSSR count). The van der Waals surface area contributed by atoms with Crippen LogP contribution < -0.4 is 19.7 Å². The van der Waals surface area contributed by atoms with Crippen molar-refractivity contribution in [1.29, 1.82) is 0 Å². The Morgan fingerprint density at radius 2 is 1.96 bits per heavy atom. The molecule has 1 aliphatic heterocycles. The first kappa shape index (κ1) is 18.5. The van der Waals surface area contributed by atoms with E-state index in [-0.39, 0.29) is 30.2 Å². The number of carbonyl (C=O) groups excluding carboxylic acids is 2. The lowest BCUT2D eigenvalue weighted by atomic mass is 9.85. The molecule has 0 bridgehead atoms. The maximum atomic E-state index is 12.7. The average Bonchev–Trinajstić information content (AvgIpc) is 3.04. The molecule has 26 heavy (non-hydrogen) atoms. The van der Waals surface area contributed by atoms with E-state index in [9.17, 15) is 9.59 Å². The van der Waals surface area contributed by atoms with Crippen molar-refractivity contribution in [2.75, 3.05) is 25.7 Å². The van der Waals surface area contributed by atoms with Crippen LogP contribution in [0.1, 0.15) is 39.0 Å². The molecule has 3 unspecified atom stereocenters. The first-order valence-electron chi connectivity index (χ1n) is 9.36. The Morgan fingerprint density at radius 3 is 2.65 bits per heavy atom. The zero-order valence-electron chi connectivity index (χ0n) is 15.8. The van der Waals surface area contributed by atoms with Crippen LogP contribution in [0.15, 0.2) is 18.2 Å². The van der Waals surface area contributed by atoms with Crippen molar-refractivity contribution < 1.29 is 19.1 Å². The van der Waals surface area contributed by atoms with Crippen LogP contribution in [0.5, 0.6) is 11.5 Å². The predicted molar refractivity (Wildman–Crippen MR) is 99.6 cm³/mol. The van der Waals surface area contributed by atoms with Crippen LogP contribution in [-0.2, 0) is 9.59 Å². The quantitative estimate of drug-likeness (QED) is 0.877. The smallest absolute Gasteiger partial charge is 0.227 e. The number of nitrogens with zero attached hydrogens (tertiary/aromatic N) is 1. The highest BCUT2D eigenvalue weighted by atomic mass is 16.5. The third kappa shape index (κ3) is 3.79. The van der Waals surface area contributed by atoms with E-state index in [0.717, 1.165) is 19.3 Å². The van der Waals surface area contributed by atoms with Crippen molar-refractivity contribution in [3.8, 4) is 11.5 Å². The van der Waals surface area contributed by atoms with Gasteiger partial charge in [-0.05, 0) is 30.9 Å². The third-order valence-corrected chi connectivity index (χ3v) is 5.61. The maximum Gasteiger partial charge on any atom is 0.227 e. The third-order valence-electron chi connectivity index (χ3n) is 5.61. The number of ether oxygens (including phenoxy) is 2. The van der Waals surface area contributed by atoms with Gasteiger partial charge in [0.05, 0.1) is 25.8 Å². The van der Waals surface area contributed by atoms with Crippen LogP contribution in [-0.4, -0.2) is 38.6 Å². The molecule has 1 aromatic carbocycles. The summed E-state index contributed by atoms with van der Waals surface area (Å²) in [7, 11) is 3.15. The minimum absolute atomic E-state index is 0.0125. The van der Waals surface area contributed by atoms with Gasteiger partial charge in [-0.2, -0.15) is 0 Å². The fourth-order valence-corrected chi connectivity index (χ4v) is 3.96. The number of benzene rings is 1. The molecule has 6 nitrogen and oxygen atoms in total. The summed E-state index contributed by atoms with van der Waals surface area (Å²) in [6.07, 6.45) is 4.81. The highest BCUT2D eigenvalue weighted by molar-refractivity contribution is 6.01. The van der Waals surface area contributed by atoms with Gasteiger partial charge in [0.2, 0.25) is 11.8 Å². The number of rotatable bonds is 5. The van der Waals surface area contributed by atoms with Gasteiger partial charge in [0.15, 0.2) is 0 Å². The molecule has 2 fully saturated rings. The number of hydrogen-bond acceptors (Lipinski definition) is 4. The Hall–Kier alpha value is -2.24. The minimum atomic E-state index is -0.326. The molecule has 1 N–H and O–H groups in total. The fourth-order valence-electron chi connectivity index (χ4n) is 3.96. The molecule has 6 heteroatoms. The molecular weight excluding hydrogens is 332 g/mol. The summed E-state index contributed by atoms with van der Waals surface area (Å²) in [5.41, 5.74) is 0.651. The summed E-state index contributed by atoms with van der Waals surface area (Å²) < 4.78 is 10.6. The second kappa shape index (κ2) is 7.98. The van der Waals surface area contributed by atoms with Crippen molar-refractivity contribution >= 4 is 17.5 Å². The highest BCUT2D eigenvalue weighted by Gasteiger charge is 2.37. The molecule has 1 heterocycles. The Bertz CT molecular complexity index is 676. The number of nitrogens with one attached hydrogen (secondary N) is 1. The lowest BCUT2D eigenvalue weighted by Gasteiger charge is -2.30. The van der Waals surface area contributed by atoms with Gasteiger partial charge >= 0.3 is 0 Å². The molecule has 1 saturated carbocycles. The minimum Gasteiger partial charge on any atom is -0.497 e. The topological polar surface area (TPSA) is 67.9 Å². The zero-order chi connectivity index (χ0) is 18.7. The molecule has 2 aliphatic rings. The molecule has 1 aromatic rings. The van der Waals surface area contributed by atoms with E-state index in [1.807, 2.05) is 0 Å². The van der Waals surface area contributed by atoms with E-state index in [2.05, 4.69) is 12.2 Å². The Balaban J connectivity index is 1.71. The lowest BCUT2D eigenvalue weighted by Crippen LogP contribution is -2.44. The molecule has 1 aliphatic carbocycles. The van der Waals surface area contributed by atoms with Crippen LogP contribution in [0.2, 0.25) is 0 Å². The van der Waals surface area contributed by atoms with Gasteiger partial charge in [0.25, 0.3) is 0 Å². The maximum absolute atomic E-state index is 12.7. The van der Waals surface area contributed by atoms with Gasteiger partial charge in [-0.3, -0.25) is 9.59 Å². The largest absolute Gasteiger partial charge is 0.497 e. The van der Waals surface area contributed by atoms with E-state index in [0.29, 0.717) is 29.6 Å².